The fourth-order valence-corrected chi connectivity index (χ4v) is 8.34. The Morgan fingerprint density at radius 2 is 1.57 bits per heavy atom. The van der Waals surface area contributed by atoms with Crippen LogP contribution < -0.4 is 11.1 Å². The number of allylic oxidation sites excluding steroid dienone is 11. The van der Waals surface area contributed by atoms with Crippen LogP contribution in [0.25, 0.3) is 16.9 Å². The summed E-state index contributed by atoms with van der Waals surface area (Å²) in [7, 11) is 0. The van der Waals surface area contributed by atoms with E-state index in [1.807, 2.05) is 51.1 Å². The molecule has 4 aromatic rings. The zero-order chi connectivity index (χ0) is 47.6. The smallest absolute Gasteiger partial charge is 0.219 e. The van der Waals surface area contributed by atoms with E-state index in [0.717, 1.165) is 85.5 Å². The minimum atomic E-state index is -0.116. The highest BCUT2D eigenvalue weighted by molar-refractivity contribution is 5.64. The SMILES string of the molecule is C/C=C(\C)NCCCCCCCCCC1=C(F)C=C(Cc2nc3c(Cc4ccccc4)nc(-c4ccc(O)cc4)cn3c2O)CC1.C=C.C=CCC1CC=C2CC2=C1CC.CC.CCN. The molecule has 5 N–H and O–H groups in total. The summed E-state index contributed by atoms with van der Waals surface area (Å²) in [6.07, 6.45) is 26.6. The number of aromatic nitrogens is 3. The number of hydrogen-bond donors (Lipinski definition) is 4. The molecular formula is C57H80FN5O2. The van der Waals surface area contributed by atoms with Crippen LogP contribution in [0.2, 0.25) is 0 Å². The standard InChI is InChI=1S/C39H47FN4O2.C12H16.C2H7N.C2H6.C2H4/c1-3-28(2)41-23-13-8-6-4-5-7-12-16-31-18-17-30(24-34(31)40)26-36-39(46)44-27-37(32-19-21-33(45)22-20-32)42-35(38(44)43-36)25-29-14-10-9-11-15-29;1-3-5-9-6-7-10-8-12(10)11(9)4-2;1-2-3;2*1-2/h3,9-11,14-15,19-22,24,27,41,45-46H,4-8,12-13,16-18,23,25-26H2,1-2H3;3,7,9H,1,4-6,8H2,2H3;2-3H2,1H3;1-2H3;1-2H2/b28-3+;;;;. The van der Waals surface area contributed by atoms with Crippen molar-refractivity contribution >= 4 is 5.65 Å². The minimum Gasteiger partial charge on any atom is -0.508 e. The van der Waals surface area contributed by atoms with Gasteiger partial charge in [0.1, 0.15) is 17.3 Å². The second-order valence-corrected chi connectivity index (χ2v) is 16.5. The Balaban J connectivity index is 0.000000493. The van der Waals surface area contributed by atoms with Crippen molar-refractivity contribution in [2.45, 2.75) is 144 Å². The number of imidazole rings is 1. The number of phenolic OH excluding ortho intramolecular Hbond substituents is 1. The normalized spacial score (nSPS) is 15.1. The van der Waals surface area contributed by atoms with Gasteiger partial charge in [0.2, 0.25) is 5.88 Å². The van der Waals surface area contributed by atoms with Crippen molar-refractivity contribution in [3.05, 3.63) is 161 Å². The van der Waals surface area contributed by atoms with Crippen LogP contribution in [-0.2, 0) is 12.8 Å². The number of unbranched alkanes of at least 4 members (excludes halogenated alkanes) is 6. The predicted octanol–water partition coefficient (Wildman–Crippen LogP) is 14.9. The van der Waals surface area contributed by atoms with Gasteiger partial charge in [-0.05, 0) is 137 Å². The van der Waals surface area contributed by atoms with Gasteiger partial charge in [0.05, 0.1) is 11.4 Å². The highest BCUT2D eigenvalue weighted by atomic mass is 19.1. The van der Waals surface area contributed by atoms with E-state index in [9.17, 15) is 10.2 Å². The molecule has 2 heterocycles. The third-order valence-electron chi connectivity index (χ3n) is 11.9. The molecule has 0 amide bonds. The van der Waals surface area contributed by atoms with Crippen molar-refractivity contribution in [2.75, 3.05) is 13.1 Å². The van der Waals surface area contributed by atoms with E-state index in [4.69, 9.17) is 15.7 Å². The van der Waals surface area contributed by atoms with Crippen molar-refractivity contribution < 1.29 is 14.6 Å². The molecule has 7 rings (SSSR count). The zero-order valence-corrected chi connectivity index (χ0v) is 40.7. The second-order valence-electron chi connectivity index (χ2n) is 16.5. The molecule has 1 atom stereocenters. The molecule has 2 aromatic heterocycles. The zero-order valence-electron chi connectivity index (χ0n) is 40.7. The molecule has 3 aliphatic rings. The van der Waals surface area contributed by atoms with Gasteiger partial charge in [0.25, 0.3) is 0 Å². The molecule has 0 spiro atoms. The van der Waals surface area contributed by atoms with E-state index in [2.05, 4.69) is 64.1 Å². The van der Waals surface area contributed by atoms with Crippen molar-refractivity contribution in [3.8, 4) is 22.9 Å². The predicted molar refractivity (Wildman–Crippen MR) is 275 cm³/mol. The van der Waals surface area contributed by atoms with Crippen LogP contribution in [0.4, 0.5) is 4.39 Å². The maximum atomic E-state index is 15.2. The summed E-state index contributed by atoms with van der Waals surface area (Å²) < 4.78 is 16.9. The molecule has 7 nitrogen and oxygen atoms in total. The minimum absolute atomic E-state index is 0.0481. The topological polar surface area (TPSA) is 109 Å². The summed E-state index contributed by atoms with van der Waals surface area (Å²) in [5, 5.41) is 24.5. The lowest BCUT2D eigenvalue weighted by atomic mass is 9.87. The Labute approximate surface area is 391 Å². The number of benzene rings is 2. The van der Waals surface area contributed by atoms with Gasteiger partial charge >= 0.3 is 0 Å². The van der Waals surface area contributed by atoms with Crippen LogP contribution in [-0.4, -0.2) is 37.7 Å². The van der Waals surface area contributed by atoms with Gasteiger partial charge in [0.15, 0.2) is 5.65 Å². The van der Waals surface area contributed by atoms with E-state index in [-0.39, 0.29) is 17.5 Å². The van der Waals surface area contributed by atoms with Crippen molar-refractivity contribution in [1.29, 1.82) is 0 Å². The van der Waals surface area contributed by atoms with E-state index in [0.29, 0.717) is 29.9 Å². The number of nitrogens with two attached hydrogens (primary N) is 1. The lowest BCUT2D eigenvalue weighted by Crippen LogP contribution is -2.12. The van der Waals surface area contributed by atoms with Gasteiger partial charge < -0.3 is 21.3 Å². The molecule has 1 fully saturated rings. The maximum Gasteiger partial charge on any atom is 0.219 e. The molecule has 1 unspecified atom stereocenters. The third kappa shape index (κ3) is 17.1. The van der Waals surface area contributed by atoms with Gasteiger partial charge in [-0.25, -0.2) is 14.4 Å². The third-order valence-corrected chi connectivity index (χ3v) is 11.9. The first kappa shape index (κ1) is 53.9. The second kappa shape index (κ2) is 29.9. The molecule has 0 radical (unpaired) electrons. The molecular weight excluding hydrogens is 806 g/mol. The van der Waals surface area contributed by atoms with Crippen LogP contribution >= 0.6 is 0 Å². The number of hydrogen-bond acceptors (Lipinski definition) is 6. The number of phenols is 1. The summed E-state index contributed by atoms with van der Waals surface area (Å²) in [5.74, 6) is 0.896. The van der Waals surface area contributed by atoms with Crippen molar-refractivity contribution in [3.63, 3.8) is 0 Å². The molecule has 0 aliphatic heterocycles. The molecule has 8 heteroatoms. The Hall–Kier alpha value is -5.47. The average molecular weight is 886 g/mol. The monoisotopic (exact) mass is 886 g/mol. The van der Waals surface area contributed by atoms with E-state index < -0.39 is 0 Å². The van der Waals surface area contributed by atoms with Crippen LogP contribution in [0, 0.1) is 5.92 Å². The van der Waals surface area contributed by atoms with Gasteiger partial charge in [-0.2, -0.15) is 0 Å². The number of aromatic hydroxyl groups is 2. The first-order chi connectivity index (χ1) is 31.7. The quantitative estimate of drug-likeness (QED) is 0.0552. The van der Waals surface area contributed by atoms with Crippen LogP contribution in [0.3, 0.4) is 0 Å². The summed E-state index contributed by atoms with van der Waals surface area (Å²) in [6, 6.07) is 16.9. The Kier molecular flexibility index (Phi) is 24.8. The molecule has 3 aliphatic carbocycles. The number of rotatable bonds is 19. The fraction of sp³-hybridized carbons (Fsp3) is 0.439. The van der Waals surface area contributed by atoms with Gasteiger partial charge in [-0.3, -0.25) is 4.40 Å². The summed E-state index contributed by atoms with van der Waals surface area (Å²) in [4.78, 5) is 9.76. The number of halogens is 1. The molecule has 65 heavy (non-hydrogen) atoms. The maximum absolute atomic E-state index is 15.2. The average Bonchev–Trinajstić information content (AvgIpc) is 4.06. The van der Waals surface area contributed by atoms with E-state index in [1.54, 1.807) is 57.7 Å². The summed E-state index contributed by atoms with van der Waals surface area (Å²) in [5.41, 5.74) is 17.4. The van der Waals surface area contributed by atoms with Gasteiger partial charge in [-0.1, -0.05) is 120 Å². The Morgan fingerprint density at radius 3 is 2.20 bits per heavy atom. The first-order valence-electron chi connectivity index (χ1n) is 24.3. The van der Waals surface area contributed by atoms with Gasteiger partial charge in [-0.15, -0.1) is 19.7 Å². The van der Waals surface area contributed by atoms with E-state index >= 15 is 4.39 Å². The van der Waals surface area contributed by atoms with Crippen LogP contribution in [0.5, 0.6) is 11.6 Å². The Bertz CT molecular complexity index is 2210. The first-order valence-corrected chi connectivity index (χ1v) is 24.3. The van der Waals surface area contributed by atoms with Crippen molar-refractivity contribution in [1.82, 2.24) is 19.7 Å². The molecule has 1 saturated carbocycles. The number of nitrogens with one attached hydrogen (secondary N) is 1. The summed E-state index contributed by atoms with van der Waals surface area (Å²) >= 11 is 0. The van der Waals surface area contributed by atoms with Gasteiger partial charge in [0, 0.05) is 36.8 Å². The van der Waals surface area contributed by atoms with Crippen LogP contribution in [0.1, 0.15) is 148 Å². The lowest BCUT2D eigenvalue weighted by molar-refractivity contribution is 0.441. The summed E-state index contributed by atoms with van der Waals surface area (Å²) in [6.45, 7) is 24.0. The fourth-order valence-electron chi connectivity index (χ4n) is 8.34. The highest BCUT2D eigenvalue weighted by Crippen LogP contribution is 2.48. The number of nitrogens with zero attached hydrogens (tertiary/aromatic N) is 3. The molecule has 0 saturated heterocycles. The van der Waals surface area contributed by atoms with Crippen molar-refractivity contribution in [2.24, 2.45) is 11.7 Å². The van der Waals surface area contributed by atoms with Crippen LogP contribution in [0.15, 0.2) is 144 Å². The number of fused-ring (bicyclic) bond motifs is 2. The lowest BCUT2D eigenvalue weighted by Gasteiger charge is -2.18. The van der Waals surface area contributed by atoms with E-state index in [1.165, 1.54) is 57.1 Å². The Morgan fingerprint density at radius 1 is 0.908 bits per heavy atom. The molecule has 352 valence electrons. The molecule has 2 aromatic carbocycles. The highest BCUT2D eigenvalue weighted by Gasteiger charge is 2.31. The largest absolute Gasteiger partial charge is 0.508 e. The molecule has 0 bridgehead atoms.